The molecule has 0 atom stereocenters. The number of carbonyl (C=O) groups is 1. The van der Waals surface area contributed by atoms with Crippen LogP contribution in [0.25, 0.3) is 0 Å². The highest BCUT2D eigenvalue weighted by molar-refractivity contribution is 5.68. The van der Waals surface area contributed by atoms with Crippen LogP contribution in [0, 0.1) is 23.1 Å². The van der Waals surface area contributed by atoms with E-state index in [1.807, 2.05) is 6.07 Å². The molecule has 1 aliphatic rings. The molecule has 17 heavy (non-hydrogen) atoms. The Morgan fingerprint density at radius 1 is 1.59 bits per heavy atom. The van der Waals surface area contributed by atoms with Crippen molar-refractivity contribution in [2.24, 2.45) is 5.92 Å². The van der Waals surface area contributed by atoms with Crippen LogP contribution < -0.4 is 4.90 Å². The van der Waals surface area contributed by atoms with E-state index in [0.29, 0.717) is 18.8 Å². The van der Waals surface area contributed by atoms with Gasteiger partial charge in [0.2, 0.25) is 0 Å². The fraction of sp³-hybridized carbons (Fsp3) is 0.333. The minimum absolute atomic E-state index is 0.0857. The number of halogens is 1. The summed E-state index contributed by atoms with van der Waals surface area (Å²) in [5.41, 5.74) is 0.722. The number of carboxylic acids is 1. The van der Waals surface area contributed by atoms with Crippen LogP contribution in [0.4, 0.5) is 10.1 Å². The Hall–Kier alpha value is -2.09. The molecule has 4 nitrogen and oxygen atoms in total. The standard InChI is InChI=1S/C12H11FN2O2/c13-10-3-8(5-14)1-2-11(10)15-6-9(7-15)4-12(16)17/h1-3,9H,4,6-7H2,(H,16,17). The molecule has 1 saturated heterocycles. The van der Waals surface area contributed by atoms with E-state index in [1.165, 1.54) is 6.07 Å². The zero-order chi connectivity index (χ0) is 12.4. The summed E-state index contributed by atoms with van der Waals surface area (Å²) in [6.07, 6.45) is 0.119. The third-order valence-corrected chi connectivity index (χ3v) is 2.84. The molecule has 1 aliphatic heterocycles. The summed E-state index contributed by atoms with van der Waals surface area (Å²) in [4.78, 5) is 12.2. The van der Waals surface area contributed by atoms with Crippen molar-refractivity contribution in [1.29, 1.82) is 5.26 Å². The van der Waals surface area contributed by atoms with Gasteiger partial charge in [-0.05, 0) is 18.2 Å². The highest BCUT2D eigenvalue weighted by Gasteiger charge is 2.30. The molecule has 0 saturated carbocycles. The van der Waals surface area contributed by atoms with E-state index in [2.05, 4.69) is 0 Å². The van der Waals surface area contributed by atoms with Gasteiger partial charge in [-0.15, -0.1) is 0 Å². The number of rotatable bonds is 3. The van der Waals surface area contributed by atoms with Crippen LogP contribution >= 0.6 is 0 Å². The van der Waals surface area contributed by atoms with Crippen molar-refractivity contribution < 1.29 is 14.3 Å². The second kappa shape index (κ2) is 4.42. The van der Waals surface area contributed by atoms with Crippen LogP contribution in [0.2, 0.25) is 0 Å². The highest BCUT2D eigenvalue weighted by atomic mass is 19.1. The first-order valence-corrected chi connectivity index (χ1v) is 5.26. The second-order valence-corrected chi connectivity index (χ2v) is 4.15. The topological polar surface area (TPSA) is 64.3 Å². The highest BCUT2D eigenvalue weighted by Crippen LogP contribution is 2.29. The van der Waals surface area contributed by atoms with Gasteiger partial charge in [-0.3, -0.25) is 4.79 Å². The molecule has 0 aliphatic carbocycles. The number of carboxylic acid groups (broad SMARTS) is 1. The van der Waals surface area contributed by atoms with Gasteiger partial charge in [0.25, 0.3) is 0 Å². The van der Waals surface area contributed by atoms with Crippen molar-refractivity contribution in [1.82, 2.24) is 0 Å². The van der Waals surface area contributed by atoms with Crippen LogP contribution in [-0.2, 0) is 4.79 Å². The summed E-state index contributed by atoms with van der Waals surface area (Å²) in [5.74, 6) is -1.17. The van der Waals surface area contributed by atoms with Crippen molar-refractivity contribution >= 4 is 11.7 Å². The Labute approximate surface area is 97.9 Å². The first kappa shape index (κ1) is 11.4. The molecule has 0 aromatic heterocycles. The maximum atomic E-state index is 13.6. The minimum atomic E-state index is -0.824. The lowest BCUT2D eigenvalue weighted by atomic mass is 9.95. The van der Waals surface area contributed by atoms with Crippen molar-refractivity contribution in [3.63, 3.8) is 0 Å². The van der Waals surface area contributed by atoms with E-state index in [4.69, 9.17) is 10.4 Å². The van der Waals surface area contributed by atoms with Gasteiger partial charge in [-0.2, -0.15) is 5.26 Å². The van der Waals surface area contributed by atoms with Gasteiger partial charge in [-0.25, -0.2) is 4.39 Å². The Bertz CT molecular complexity index is 490. The normalized spacial score (nSPS) is 15.2. The van der Waals surface area contributed by atoms with Gasteiger partial charge in [0, 0.05) is 19.0 Å². The molecule has 0 radical (unpaired) electrons. The maximum absolute atomic E-state index is 13.6. The number of hydrogen-bond acceptors (Lipinski definition) is 3. The molecule has 1 N–H and O–H groups in total. The van der Waals surface area contributed by atoms with Crippen LogP contribution in [0.3, 0.4) is 0 Å². The molecule has 0 amide bonds. The van der Waals surface area contributed by atoms with Crippen molar-refractivity contribution in [3.05, 3.63) is 29.6 Å². The number of benzene rings is 1. The largest absolute Gasteiger partial charge is 0.481 e. The van der Waals surface area contributed by atoms with Crippen LogP contribution in [0.15, 0.2) is 18.2 Å². The van der Waals surface area contributed by atoms with E-state index >= 15 is 0 Å². The van der Waals surface area contributed by atoms with Gasteiger partial charge < -0.3 is 10.0 Å². The fourth-order valence-electron chi connectivity index (χ4n) is 1.98. The zero-order valence-electron chi connectivity index (χ0n) is 9.06. The van der Waals surface area contributed by atoms with Gasteiger partial charge in [0.15, 0.2) is 0 Å². The molecule has 0 bridgehead atoms. The average Bonchev–Trinajstić information content (AvgIpc) is 2.23. The fourth-order valence-corrected chi connectivity index (χ4v) is 1.98. The van der Waals surface area contributed by atoms with Gasteiger partial charge >= 0.3 is 5.97 Å². The number of nitriles is 1. The van der Waals surface area contributed by atoms with Crippen molar-refractivity contribution in [3.8, 4) is 6.07 Å². The first-order chi connectivity index (χ1) is 8.10. The summed E-state index contributed by atoms with van der Waals surface area (Å²) >= 11 is 0. The molecule has 1 heterocycles. The van der Waals surface area contributed by atoms with Crippen LogP contribution in [0.5, 0.6) is 0 Å². The smallest absolute Gasteiger partial charge is 0.303 e. The molecule has 0 spiro atoms. The minimum Gasteiger partial charge on any atom is -0.481 e. The van der Waals surface area contributed by atoms with E-state index in [9.17, 15) is 9.18 Å². The van der Waals surface area contributed by atoms with Gasteiger partial charge in [0.05, 0.1) is 23.7 Å². The second-order valence-electron chi connectivity index (χ2n) is 4.15. The zero-order valence-corrected chi connectivity index (χ0v) is 9.06. The predicted octanol–water partition coefficient (Wildman–Crippen LogP) is 1.61. The summed E-state index contributed by atoms with van der Waals surface area (Å²) < 4.78 is 13.6. The van der Waals surface area contributed by atoms with E-state index in [1.54, 1.807) is 17.0 Å². The lowest BCUT2D eigenvalue weighted by molar-refractivity contribution is -0.138. The molecule has 1 fully saturated rings. The van der Waals surface area contributed by atoms with Crippen molar-refractivity contribution in [2.75, 3.05) is 18.0 Å². The predicted molar refractivity (Wildman–Crippen MR) is 59.1 cm³/mol. The average molecular weight is 234 g/mol. The number of nitrogens with zero attached hydrogens (tertiary/aromatic N) is 2. The van der Waals surface area contributed by atoms with Gasteiger partial charge in [0.1, 0.15) is 5.82 Å². The summed E-state index contributed by atoms with van der Waals surface area (Å²) in [5, 5.41) is 17.2. The van der Waals surface area contributed by atoms with Crippen LogP contribution in [0.1, 0.15) is 12.0 Å². The summed E-state index contributed by atoms with van der Waals surface area (Å²) in [6, 6.07) is 6.18. The quantitative estimate of drug-likeness (QED) is 0.862. The molecule has 88 valence electrons. The lowest BCUT2D eigenvalue weighted by Crippen LogP contribution is -2.48. The maximum Gasteiger partial charge on any atom is 0.303 e. The number of hydrogen-bond donors (Lipinski definition) is 1. The molecular formula is C12H11FN2O2. The number of anilines is 1. The Morgan fingerprint density at radius 2 is 2.29 bits per heavy atom. The third-order valence-electron chi connectivity index (χ3n) is 2.84. The van der Waals surface area contributed by atoms with Crippen molar-refractivity contribution in [2.45, 2.75) is 6.42 Å². The van der Waals surface area contributed by atoms with E-state index in [0.717, 1.165) is 0 Å². The SMILES string of the molecule is N#Cc1ccc(N2CC(CC(=O)O)C2)c(F)c1. The summed E-state index contributed by atoms with van der Waals surface area (Å²) in [7, 11) is 0. The molecular weight excluding hydrogens is 223 g/mol. The van der Waals surface area contributed by atoms with Crippen LogP contribution in [-0.4, -0.2) is 24.2 Å². The Morgan fingerprint density at radius 3 is 2.82 bits per heavy atom. The molecule has 0 unspecified atom stereocenters. The summed E-state index contributed by atoms with van der Waals surface area (Å²) in [6.45, 7) is 1.10. The Balaban J connectivity index is 2.02. The molecule has 1 aromatic carbocycles. The third kappa shape index (κ3) is 2.36. The lowest BCUT2D eigenvalue weighted by Gasteiger charge is -2.40. The molecule has 2 rings (SSSR count). The van der Waals surface area contributed by atoms with E-state index < -0.39 is 11.8 Å². The molecule has 1 aromatic rings. The Kier molecular flexibility index (Phi) is 2.96. The first-order valence-electron chi connectivity index (χ1n) is 5.26. The number of aliphatic carboxylic acids is 1. The monoisotopic (exact) mass is 234 g/mol. The van der Waals surface area contributed by atoms with Gasteiger partial charge in [-0.1, -0.05) is 0 Å². The van der Waals surface area contributed by atoms with E-state index in [-0.39, 0.29) is 17.9 Å². The molecule has 5 heteroatoms.